The highest BCUT2D eigenvalue weighted by molar-refractivity contribution is 9.10. The molecule has 3 aromatic rings. The highest BCUT2D eigenvalue weighted by atomic mass is 79.9. The lowest BCUT2D eigenvalue weighted by atomic mass is 9.73. The van der Waals surface area contributed by atoms with Crippen LogP contribution in [-0.2, 0) is 17.8 Å². The van der Waals surface area contributed by atoms with Crippen LogP contribution in [0.15, 0.2) is 35.1 Å². The Labute approximate surface area is 212 Å². The standard InChI is InChI=1S/C25H32BrN5O2S/c1-16-22(26)31-19(9-12-27-31)23(28-16)30-13-10-25(11-14-30)15-18-17(7-6-8-20(18)33-5)21(25)29-34(32)24(2,3)4/h6-9,12,21,29H,10-11,13-15H2,1-5H3/t21-,34-/m1/s1. The Kier molecular flexibility index (Phi) is 6.11. The van der Waals surface area contributed by atoms with Crippen molar-refractivity contribution in [1.29, 1.82) is 0 Å². The molecule has 182 valence electrons. The van der Waals surface area contributed by atoms with Gasteiger partial charge in [0.1, 0.15) is 20.6 Å². The summed E-state index contributed by atoms with van der Waals surface area (Å²) in [5.41, 5.74) is 4.38. The lowest BCUT2D eigenvalue weighted by Crippen LogP contribution is -2.50. The average molecular weight is 547 g/mol. The number of nitrogens with zero attached hydrogens (tertiary/aromatic N) is 4. The summed E-state index contributed by atoms with van der Waals surface area (Å²) in [5, 5.41) is 4.46. The van der Waals surface area contributed by atoms with Crippen LogP contribution >= 0.6 is 15.9 Å². The van der Waals surface area contributed by atoms with E-state index in [1.165, 1.54) is 11.1 Å². The molecule has 2 aliphatic rings. The molecule has 2 atom stereocenters. The van der Waals surface area contributed by atoms with Gasteiger partial charge in [0.15, 0.2) is 5.82 Å². The molecule has 5 rings (SSSR count). The van der Waals surface area contributed by atoms with E-state index < -0.39 is 11.4 Å². The zero-order valence-corrected chi connectivity index (χ0v) is 22.8. The predicted molar refractivity (Wildman–Crippen MR) is 140 cm³/mol. The van der Waals surface area contributed by atoms with Crippen LogP contribution in [0.25, 0.3) is 5.52 Å². The van der Waals surface area contributed by atoms with Gasteiger partial charge in [-0.25, -0.2) is 9.50 Å². The van der Waals surface area contributed by atoms with Gasteiger partial charge in [-0.3, -0.25) is 0 Å². The Morgan fingerprint density at radius 1 is 1.24 bits per heavy atom. The number of anilines is 1. The van der Waals surface area contributed by atoms with E-state index in [-0.39, 0.29) is 16.2 Å². The van der Waals surface area contributed by atoms with Gasteiger partial charge in [0.05, 0.1) is 25.0 Å². The summed E-state index contributed by atoms with van der Waals surface area (Å²) in [5.74, 6) is 1.90. The summed E-state index contributed by atoms with van der Waals surface area (Å²) in [7, 11) is 1.73. The number of halogens is 1. The summed E-state index contributed by atoms with van der Waals surface area (Å²) < 4.78 is 25.0. The fourth-order valence-electron chi connectivity index (χ4n) is 5.40. The van der Waals surface area contributed by atoms with Gasteiger partial charge in [-0.15, -0.1) is 4.72 Å². The number of benzene rings is 1. The van der Waals surface area contributed by atoms with Crippen LogP contribution in [0.5, 0.6) is 5.75 Å². The first-order valence-corrected chi connectivity index (χ1v) is 13.7. The number of nitrogens with one attached hydrogen (secondary N) is 1. The van der Waals surface area contributed by atoms with Gasteiger partial charge < -0.3 is 14.2 Å². The third-order valence-electron chi connectivity index (χ3n) is 7.31. The van der Waals surface area contributed by atoms with Crippen molar-refractivity contribution in [2.45, 2.75) is 57.7 Å². The third-order valence-corrected chi connectivity index (χ3v) is 9.78. The second-order valence-electron chi connectivity index (χ2n) is 10.4. The maximum atomic E-state index is 13.2. The summed E-state index contributed by atoms with van der Waals surface area (Å²) in [6, 6.07) is 8.30. The number of aromatic nitrogens is 3. The number of hydrogen-bond donors (Lipinski definition) is 1. The number of aryl methyl sites for hydroxylation is 1. The van der Waals surface area contributed by atoms with Crippen LogP contribution in [0.4, 0.5) is 5.82 Å². The Bertz CT molecular complexity index is 1220. The highest BCUT2D eigenvalue weighted by Crippen LogP contribution is 2.55. The molecule has 1 aliphatic carbocycles. The molecule has 34 heavy (non-hydrogen) atoms. The number of rotatable bonds is 4. The molecule has 9 heteroatoms. The van der Waals surface area contributed by atoms with Crippen LogP contribution in [0, 0.1) is 12.3 Å². The zero-order chi connectivity index (χ0) is 24.3. The molecule has 1 saturated heterocycles. The maximum absolute atomic E-state index is 13.2. The first kappa shape index (κ1) is 23.9. The molecule has 0 saturated carbocycles. The summed E-state index contributed by atoms with van der Waals surface area (Å²) in [6.45, 7) is 9.82. The fourth-order valence-corrected chi connectivity index (χ4v) is 6.71. The number of fused-ring (bicyclic) bond motifs is 2. The normalized spacial score (nSPS) is 20.7. The molecule has 2 aromatic heterocycles. The van der Waals surface area contributed by atoms with Crippen molar-refractivity contribution in [3.63, 3.8) is 0 Å². The first-order chi connectivity index (χ1) is 16.1. The second-order valence-corrected chi connectivity index (χ2v) is 13.2. The Hall–Kier alpha value is -1.81. The maximum Gasteiger partial charge on any atom is 0.155 e. The quantitative estimate of drug-likeness (QED) is 0.477. The van der Waals surface area contributed by atoms with Crippen molar-refractivity contribution in [2.24, 2.45) is 5.41 Å². The SMILES string of the molecule is COc1cccc2c1CC1(CCN(c3nc(C)c(Br)n4nccc34)CC1)[C@@H]2N[S@+]([O-])C(C)(C)C. The first-order valence-electron chi connectivity index (χ1n) is 11.7. The molecule has 0 bridgehead atoms. The molecular weight excluding hydrogens is 514 g/mol. The topological polar surface area (TPSA) is 77.8 Å². The summed E-state index contributed by atoms with van der Waals surface area (Å²) >= 11 is 2.45. The molecule has 0 radical (unpaired) electrons. The van der Waals surface area contributed by atoms with Gasteiger partial charge in [-0.1, -0.05) is 12.1 Å². The second kappa shape index (κ2) is 8.69. The monoisotopic (exact) mass is 545 g/mol. The van der Waals surface area contributed by atoms with Crippen LogP contribution < -0.4 is 14.4 Å². The van der Waals surface area contributed by atoms with Gasteiger partial charge >= 0.3 is 0 Å². The zero-order valence-electron chi connectivity index (χ0n) is 20.4. The number of hydrogen-bond acceptors (Lipinski definition) is 6. The molecule has 1 aromatic carbocycles. The van der Waals surface area contributed by atoms with E-state index in [1.807, 2.05) is 56.6 Å². The van der Waals surface area contributed by atoms with Gasteiger partial charge in [0.2, 0.25) is 0 Å². The minimum Gasteiger partial charge on any atom is -0.598 e. The number of piperidine rings is 1. The molecule has 3 heterocycles. The van der Waals surface area contributed by atoms with Crippen molar-refractivity contribution in [3.8, 4) is 5.75 Å². The molecule has 1 aliphatic heterocycles. The van der Waals surface area contributed by atoms with E-state index in [0.717, 1.165) is 59.7 Å². The van der Waals surface area contributed by atoms with Gasteiger partial charge in [0.25, 0.3) is 0 Å². The van der Waals surface area contributed by atoms with Gasteiger partial charge in [-0.05, 0) is 86.1 Å². The van der Waals surface area contributed by atoms with Gasteiger partial charge in [0, 0.05) is 29.9 Å². The fraction of sp³-hybridized carbons (Fsp3) is 0.520. The summed E-state index contributed by atoms with van der Waals surface area (Å²) in [6.07, 6.45) is 4.69. The van der Waals surface area contributed by atoms with E-state index >= 15 is 0 Å². The average Bonchev–Trinajstić information content (AvgIpc) is 3.40. The van der Waals surface area contributed by atoms with Crippen molar-refractivity contribution in [3.05, 3.63) is 51.9 Å². The lowest BCUT2D eigenvalue weighted by molar-refractivity contribution is 0.175. The van der Waals surface area contributed by atoms with E-state index in [9.17, 15) is 4.55 Å². The number of ether oxygens (including phenoxy) is 1. The molecular formula is C25H32BrN5O2S. The Balaban J connectivity index is 1.47. The Morgan fingerprint density at radius 3 is 2.65 bits per heavy atom. The van der Waals surface area contributed by atoms with Crippen LogP contribution in [0.3, 0.4) is 0 Å². The van der Waals surface area contributed by atoms with Crippen molar-refractivity contribution < 1.29 is 9.29 Å². The van der Waals surface area contributed by atoms with Crippen molar-refractivity contribution >= 4 is 38.6 Å². The van der Waals surface area contributed by atoms with Crippen LogP contribution in [0.1, 0.15) is 56.5 Å². The van der Waals surface area contributed by atoms with E-state index in [2.05, 4.69) is 36.7 Å². The van der Waals surface area contributed by atoms with Crippen LogP contribution in [0.2, 0.25) is 0 Å². The molecule has 0 unspecified atom stereocenters. The Morgan fingerprint density at radius 2 is 1.97 bits per heavy atom. The molecule has 1 fully saturated rings. The minimum absolute atomic E-state index is 0.0185. The molecule has 0 amide bonds. The van der Waals surface area contributed by atoms with E-state index in [0.29, 0.717) is 0 Å². The van der Waals surface area contributed by atoms with Crippen molar-refractivity contribution in [1.82, 2.24) is 19.3 Å². The minimum atomic E-state index is -1.17. The third kappa shape index (κ3) is 3.90. The molecule has 1 spiro atoms. The smallest absolute Gasteiger partial charge is 0.155 e. The molecule has 1 N–H and O–H groups in total. The van der Waals surface area contributed by atoms with E-state index in [1.54, 1.807) is 7.11 Å². The highest BCUT2D eigenvalue weighted by Gasteiger charge is 2.51. The van der Waals surface area contributed by atoms with Gasteiger partial charge in [-0.2, -0.15) is 5.10 Å². The largest absolute Gasteiger partial charge is 0.598 e. The van der Waals surface area contributed by atoms with E-state index in [4.69, 9.17) is 9.72 Å². The van der Waals surface area contributed by atoms with Crippen LogP contribution in [-0.4, -0.2) is 44.1 Å². The number of methoxy groups -OCH3 is 1. The summed E-state index contributed by atoms with van der Waals surface area (Å²) in [4.78, 5) is 7.29. The van der Waals surface area contributed by atoms with Crippen molar-refractivity contribution in [2.75, 3.05) is 25.1 Å². The predicted octanol–water partition coefficient (Wildman–Crippen LogP) is 4.74. The molecule has 7 nitrogen and oxygen atoms in total. The lowest BCUT2D eigenvalue weighted by Gasteiger charge is -2.44.